The summed E-state index contributed by atoms with van der Waals surface area (Å²) in [4.78, 5) is 11.2. The molecule has 0 saturated carbocycles. The number of aliphatic carboxylic acids is 1. The number of hydrogen-bond acceptors (Lipinski definition) is 3. The molecule has 1 atom stereocenters. The van der Waals surface area contributed by atoms with E-state index < -0.39 is 11.6 Å². The molecule has 0 aliphatic rings. The van der Waals surface area contributed by atoms with Crippen LogP contribution in [-0.4, -0.2) is 21.8 Å². The van der Waals surface area contributed by atoms with Gasteiger partial charge in [0, 0.05) is 0 Å². The van der Waals surface area contributed by atoms with Crippen molar-refractivity contribution in [2.24, 2.45) is 0 Å². The first kappa shape index (κ1) is 13.5. The Kier molecular flexibility index (Phi) is 4.52. The molecule has 17 heavy (non-hydrogen) atoms. The van der Waals surface area contributed by atoms with E-state index >= 15 is 0 Å². The van der Waals surface area contributed by atoms with E-state index in [0.717, 1.165) is 12.0 Å². The fourth-order valence-electron chi connectivity index (χ4n) is 1.60. The molecule has 0 heterocycles. The van der Waals surface area contributed by atoms with Crippen LogP contribution in [0.5, 0.6) is 5.75 Å². The van der Waals surface area contributed by atoms with Gasteiger partial charge in [0.05, 0.1) is 6.61 Å². The van der Waals surface area contributed by atoms with Crippen LogP contribution in [-0.2, 0) is 11.4 Å². The first-order valence-electron chi connectivity index (χ1n) is 5.64. The van der Waals surface area contributed by atoms with E-state index in [1.54, 1.807) is 31.2 Å². The largest absolute Gasteiger partial charge is 0.478 e. The van der Waals surface area contributed by atoms with Crippen molar-refractivity contribution in [1.82, 2.24) is 0 Å². The topological polar surface area (TPSA) is 66.8 Å². The zero-order chi connectivity index (χ0) is 12.9. The normalized spacial score (nSPS) is 14.1. The summed E-state index contributed by atoms with van der Waals surface area (Å²) >= 11 is 0. The Balaban J connectivity index is 2.82. The minimum absolute atomic E-state index is 0.0363. The molecule has 0 amide bonds. The molecule has 0 bridgehead atoms. The number of carbonyl (C=O) groups is 1. The van der Waals surface area contributed by atoms with Crippen LogP contribution in [0.15, 0.2) is 24.3 Å². The summed E-state index contributed by atoms with van der Waals surface area (Å²) in [6.45, 7) is 3.45. The van der Waals surface area contributed by atoms with E-state index in [1.165, 1.54) is 0 Å². The van der Waals surface area contributed by atoms with Crippen LogP contribution in [0.25, 0.3) is 0 Å². The predicted octanol–water partition coefficient (Wildman–Crippen LogP) is 2.20. The van der Waals surface area contributed by atoms with Crippen LogP contribution in [0.2, 0.25) is 0 Å². The van der Waals surface area contributed by atoms with Gasteiger partial charge in [-0.1, -0.05) is 25.5 Å². The average molecular weight is 238 g/mol. The van der Waals surface area contributed by atoms with Gasteiger partial charge in [-0.15, -0.1) is 0 Å². The maximum Gasteiger partial charge on any atom is 0.347 e. The molecule has 0 fully saturated rings. The number of carboxylic acids is 1. The summed E-state index contributed by atoms with van der Waals surface area (Å²) in [7, 11) is 0. The SMILES string of the molecule is CCCC(C)(Oc1ccc(CO)cc1)C(=O)O. The maximum atomic E-state index is 11.2. The monoisotopic (exact) mass is 238 g/mol. The molecule has 0 aliphatic heterocycles. The predicted molar refractivity (Wildman–Crippen MR) is 63.9 cm³/mol. The highest BCUT2D eigenvalue weighted by atomic mass is 16.5. The molecule has 4 heteroatoms. The molecule has 2 N–H and O–H groups in total. The highest BCUT2D eigenvalue weighted by molar-refractivity contribution is 5.77. The number of carboxylic acid groups (broad SMARTS) is 1. The van der Waals surface area contributed by atoms with Crippen LogP contribution in [0, 0.1) is 0 Å². The Morgan fingerprint density at radius 3 is 2.35 bits per heavy atom. The zero-order valence-corrected chi connectivity index (χ0v) is 10.1. The second kappa shape index (κ2) is 5.68. The number of ether oxygens (including phenoxy) is 1. The van der Waals surface area contributed by atoms with Gasteiger partial charge >= 0.3 is 5.97 Å². The van der Waals surface area contributed by atoms with Gasteiger partial charge in [0.1, 0.15) is 5.75 Å². The van der Waals surface area contributed by atoms with Gasteiger partial charge in [-0.2, -0.15) is 0 Å². The fourth-order valence-corrected chi connectivity index (χ4v) is 1.60. The van der Waals surface area contributed by atoms with Crippen LogP contribution in [0.1, 0.15) is 32.3 Å². The lowest BCUT2D eigenvalue weighted by molar-refractivity contribution is -0.154. The van der Waals surface area contributed by atoms with Gasteiger partial charge in [0.25, 0.3) is 0 Å². The van der Waals surface area contributed by atoms with Crippen LogP contribution < -0.4 is 4.74 Å². The maximum absolute atomic E-state index is 11.2. The molecule has 0 spiro atoms. The van der Waals surface area contributed by atoms with Gasteiger partial charge < -0.3 is 14.9 Å². The van der Waals surface area contributed by atoms with E-state index in [2.05, 4.69) is 0 Å². The summed E-state index contributed by atoms with van der Waals surface area (Å²) in [5.41, 5.74) is -0.431. The molecule has 0 aromatic heterocycles. The van der Waals surface area contributed by atoms with Gasteiger partial charge in [0.15, 0.2) is 0 Å². The summed E-state index contributed by atoms with van der Waals surface area (Å²) in [6, 6.07) is 6.76. The molecule has 4 nitrogen and oxygen atoms in total. The van der Waals surface area contributed by atoms with Crippen molar-refractivity contribution in [2.45, 2.75) is 38.9 Å². The molecule has 1 aromatic rings. The molecule has 1 unspecified atom stereocenters. The molecule has 0 aliphatic carbocycles. The van der Waals surface area contributed by atoms with E-state index in [-0.39, 0.29) is 6.61 Å². The Morgan fingerprint density at radius 2 is 1.94 bits per heavy atom. The molecule has 0 saturated heterocycles. The van der Waals surface area contributed by atoms with E-state index in [0.29, 0.717) is 12.2 Å². The van der Waals surface area contributed by atoms with Crippen LogP contribution >= 0.6 is 0 Å². The Labute approximate surface area is 101 Å². The molecular weight excluding hydrogens is 220 g/mol. The second-order valence-corrected chi connectivity index (χ2v) is 4.19. The van der Waals surface area contributed by atoms with Crippen molar-refractivity contribution in [3.05, 3.63) is 29.8 Å². The van der Waals surface area contributed by atoms with Gasteiger partial charge in [-0.25, -0.2) is 4.79 Å². The van der Waals surface area contributed by atoms with Crippen molar-refractivity contribution in [2.75, 3.05) is 0 Å². The van der Waals surface area contributed by atoms with Crippen molar-refractivity contribution in [3.63, 3.8) is 0 Å². The first-order valence-corrected chi connectivity index (χ1v) is 5.64. The Morgan fingerprint density at radius 1 is 1.35 bits per heavy atom. The van der Waals surface area contributed by atoms with E-state index in [4.69, 9.17) is 14.9 Å². The lowest BCUT2D eigenvalue weighted by Gasteiger charge is -2.25. The summed E-state index contributed by atoms with van der Waals surface area (Å²) in [5.74, 6) is -0.467. The molecule has 1 aromatic carbocycles. The number of hydrogen-bond donors (Lipinski definition) is 2. The highest BCUT2D eigenvalue weighted by Crippen LogP contribution is 2.23. The zero-order valence-electron chi connectivity index (χ0n) is 10.1. The third-order valence-electron chi connectivity index (χ3n) is 2.63. The fraction of sp³-hybridized carbons (Fsp3) is 0.462. The van der Waals surface area contributed by atoms with Crippen molar-refractivity contribution in [1.29, 1.82) is 0 Å². The smallest absolute Gasteiger partial charge is 0.347 e. The standard InChI is InChI=1S/C13H18O4/c1-3-8-13(2,12(15)16)17-11-6-4-10(9-14)5-7-11/h4-7,14H,3,8-9H2,1-2H3,(H,15,16). The highest BCUT2D eigenvalue weighted by Gasteiger charge is 2.34. The van der Waals surface area contributed by atoms with Gasteiger partial charge in [-0.3, -0.25) is 0 Å². The Hall–Kier alpha value is -1.55. The van der Waals surface area contributed by atoms with Gasteiger partial charge in [0.2, 0.25) is 5.60 Å². The third-order valence-corrected chi connectivity index (χ3v) is 2.63. The van der Waals surface area contributed by atoms with Crippen molar-refractivity contribution < 1.29 is 19.7 Å². The minimum atomic E-state index is -1.20. The molecule has 0 radical (unpaired) electrons. The van der Waals surface area contributed by atoms with E-state index in [9.17, 15) is 4.79 Å². The minimum Gasteiger partial charge on any atom is -0.478 e. The second-order valence-electron chi connectivity index (χ2n) is 4.19. The summed E-state index contributed by atoms with van der Waals surface area (Å²) in [6.07, 6.45) is 1.18. The lowest BCUT2D eigenvalue weighted by Crippen LogP contribution is -2.41. The lowest BCUT2D eigenvalue weighted by atomic mass is 10.0. The van der Waals surface area contributed by atoms with Crippen molar-refractivity contribution in [3.8, 4) is 5.75 Å². The third kappa shape index (κ3) is 3.46. The molecular formula is C13H18O4. The van der Waals surface area contributed by atoms with Crippen LogP contribution in [0.4, 0.5) is 0 Å². The summed E-state index contributed by atoms with van der Waals surface area (Å²) in [5, 5.41) is 18.1. The Bertz CT molecular complexity index is 372. The number of benzene rings is 1. The average Bonchev–Trinajstić information content (AvgIpc) is 2.30. The molecule has 1 rings (SSSR count). The quantitative estimate of drug-likeness (QED) is 0.797. The molecule has 94 valence electrons. The number of aliphatic hydroxyl groups is 1. The van der Waals surface area contributed by atoms with Gasteiger partial charge in [-0.05, 0) is 31.0 Å². The van der Waals surface area contributed by atoms with E-state index in [1.807, 2.05) is 6.92 Å². The number of rotatable bonds is 6. The van der Waals surface area contributed by atoms with Crippen molar-refractivity contribution >= 4 is 5.97 Å². The first-order chi connectivity index (χ1) is 8.01. The van der Waals surface area contributed by atoms with Crippen LogP contribution in [0.3, 0.4) is 0 Å². The number of aliphatic hydroxyl groups excluding tert-OH is 1. The summed E-state index contributed by atoms with van der Waals surface area (Å²) < 4.78 is 5.52.